The van der Waals surface area contributed by atoms with Crippen LogP contribution in [0.25, 0.3) is 10.9 Å². The van der Waals surface area contributed by atoms with Crippen molar-refractivity contribution in [2.45, 2.75) is 13.0 Å². The summed E-state index contributed by atoms with van der Waals surface area (Å²) in [6.07, 6.45) is -0.790. The van der Waals surface area contributed by atoms with Gasteiger partial charge in [-0.15, -0.1) is 0 Å². The van der Waals surface area contributed by atoms with E-state index >= 15 is 0 Å². The SMILES string of the molecule is C[C@H](O)c1nc2ccccc2c(=O)n1N1CCN(C)CC1. The van der Waals surface area contributed by atoms with Crippen LogP contribution in [0.4, 0.5) is 0 Å². The minimum Gasteiger partial charge on any atom is -0.385 e. The van der Waals surface area contributed by atoms with Crippen molar-refractivity contribution in [1.82, 2.24) is 14.6 Å². The molecule has 0 saturated carbocycles. The number of piperazine rings is 1. The Morgan fingerprint density at radius 1 is 1.19 bits per heavy atom. The standard InChI is InChI=1S/C15H20N4O2/c1-11(20)14-16-13-6-4-3-5-12(13)15(21)19(14)18-9-7-17(2)8-10-18/h3-6,11,20H,7-10H2,1-2H3/t11-/m0/s1. The summed E-state index contributed by atoms with van der Waals surface area (Å²) in [6, 6.07) is 7.27. The Balaban J connectivity index is 2.17. The van der Waals surface area contributed by atoms with Gasteiger partial charge in [-0.05, 0) is 26.1 Å². The lowest BCUT2D eigenvalue weighted by molar-refractivity contribution is 0.177. The van der Waals surface area contributed by atoms with E-state index < -0.39 is 6.10 Å². The molecule has 6 nitrogen and oxygen atoms in total. The van der Waals surface area contributed by atoms with E-state index in [1.54, 1.807) is 23.7 Å². The predicted molar refractivity (Wildman–Crippen MR) is 82.1 cm³/mol. The number of aromatic nitrogens is 2. The largest absolute Gasteiger partial charge is 0.385 e. The van der Waals surface area contributed by atoms with Gasteiger partial charge in [-0.1, -0.05) is 12.1 Å². The number of para-hydroxylation sites is 1. The molecule has 0 amide bonds. The maximum atomic E-state index is 12.8. The molecule has 1 aromatic carbocycles. The number of rotatable bonds is 2. The highest BCUT2D eigenvalue weighted by molar-refractivity contribution is 5.77. The Morgan fingerprint density at radius 2 is 1.86 bits per heavy atom. The van der Waals surface area contributed by atoms with Crippen LogP contribution in [0, 0.1) is 0 Å². The van der Waals surface area contributed by atoms with Crippen molar-refractivity contribution in [3.63, 3.8) is 0 Å². The fourth-order valence-electron chi connectivity index (χ4n) is 2.68. The molecule has 6 heteroatoms. The molecule has 1 aliphatic heterocycles. The molecule has 112 valence electrons. The Hall–Kier alpha value is -1.92. The second-order valence-electron chi connectivity index (χ2n) is 5.54. The maximum absolute atomic E-state index is 12.8. The van der Waals surface area contributed by atoms with Crippen molar-refractivity contribution >= 4 is 10.9 Å². The van der Waals surface area contributed by atoms with Crippen molar-refractivity contribution in [2.75, 3.05) is 38.2 Å². The van der Waals surface area contributed by atoms with Crippen LogP contribution >= 0.6 is 0 Å². The Bertz CT molecular complexity index is 702. The van der Waals surface area contributed by atoms with Gasteiger partial charge in [0.15, 0.2) is 5.82 Å². The lowest BCUT2D eigenvalue weighted by atomic mass is 10.2. The average molecular weight is 288 g/mol. The summed E-state index contributed by atoms with van der Waals surface area (Å²) >= 11 is 0. The van der Waals surface area contributed by atoms with E-state index in [-0.39, 0.29) is 5.56 Å². The number of aliphatic hydroxyl groups excluding tert-OH is 1. The highest BCUT2D eigenvalue weighted by Gasteiger charge is 2.22. The maximum Gasteiger partial charge on any atom is 0.280 e. The molecule has 1 aromatic heterocycles. The Labute approximate surface area is 123 Å². The summed E-state index contributed by atoms with van der Waals surface area (Å²) in [5.41, 5.74) is 0.518. The topological polar surface area (TPSA) is 61.6 Å². The van der Waals surface area contributed by atoms with E-state index in [1.165, 1.54) is 0 Å². The lowest BCUT2D eigenvalue weighted by Crippen LogP contribution is -2.54. The number of likely N-dealkylation sites (N-methyl/N-ethyl adjacent to an activating group) is 1. The van der Waals surface area contributed by atoms with Gasteiger partial charge in [-0.3, -0.25) is 4.79 Å². The molecule has 0 aliphatic carbocycles. The van der Waals surface area contributed by atoms with Crippen LogP contribution in [0.1, 0.15) is 18.9 Å². The summed E-state index contributed by atoms with van der Waals surface area (Å²) in [7, 11) is 2.06. The molecule has 1 saturated heterocycles. The Kier molecular flexibility index (Phi) is 3.65. The minimum atomic E-state index is -0.790. The van der Waals surface area contributed by atoms with Crippen LogP contribution in [0.3, 0.4) is 0 Å². The molecule has 1 aliphatic rings. The molecule has 2 aromatic rings. The van der Waals surface area contributed by atoms with Gasteiger partial charge in [0.1, 0.15) is 6.10 Å². The number of benzene rings is 1. The van der Waals surface area contributed by atoms with Crippen molar-refractivity contribution < 1.29 is 5.11 Å². The van der Waals surface area contributed by atoms with Gasteiger partial charge in [0.05, 0.1) is 10.9 Å². The predicted octanol–water partition coefficient (Wildman–Crippen LogP) is 0.333. The van der Waals surface area contributed by atoms with Gasteiger partial charge in [0.25, 0.3) is 5.56 Å². The molecule has 0 unspecified atom stereocenters. The first-order valence-corrected chi connectivity index (χ1v) is 7.21. The third-order valence-corrected chi connectivity index (χ3v) is 3.92. The average Bonchev–Trinajstić information content (AvgIpc) is 2.48. The summed E-state index contributed by atoms with van der Waals surface area (Å²) in [4.78, 5) is 19.5. The molecule has 2 heterocycles. The third-order valence-electron chi connectivity index (χ3n) is 3.92. The highest BCUT2D eigenvalue weighted by Crippen LogP contribution is 2.14. The van der Waals surface area contributed by atoms with Crippen molar-refractivity contribution in [3.05, 3.63) is 40.4 Å². The molecule has 0 spiro atoms. The first-order chi connectivity index (χ1) is 10.1. The fraction of sp³-hybridized carbons (Fsp3) is 0.467. The molecule has 1 fully saturated rings. The molecule has 1 atom stereocenters. The summed E-state index contributed by atoms with van der Waals surface area (Å²) < 4.78 is 1.56. The molecule has 21 heavy (non-hydrogen) atoms. The van der Waals surface area contributed by atoms with E-state index in [4.69, 9.17) is 0 Å². The lowest BCUT2D eigenvalue weighted by Gasteiger charge is -2.36. The van der Waals surface area contributed by atoms with Gasteiger partial charge >= 0.3 is 0 Å². The summed E-state index contributed by atoms with van der Waals surface area (Å²) in [5.74, 6) is 0.406. The van der Waals surface area contributed by atoms with Gasteiger partial charge < -0.3 is 15.0 Å². The number of aliphatic hydroxyl groups is 1. The van der Waals surface area contributed by atoms with E-state index in [2.05, 4.69) is 16.9 Å². The minimum absolute atomic E-state index is 0.110. The smallest absolute Gasteiger partial charge is 0.280 e. The number of hydrogen-bond donors (Lipinski definition) is 1. The zero-order chi connectivity index (χ0) is 15.0. The van der Waals surface area contributed by atoms with E-state index in [1.807, 2.05) is 17.1 Å². The second-order valence-corrected chi connectivity index (χ2v) is 5.54. The third kappa shape index (κ3) is 2.52. The van der Waals surface area contributed by atoms with Gasteiger partial charge in [0.2, 0.25) is 0 Å². The van der Waals surface area contributed by atoms with E-state index in [9.17, 15) is 9.90 Å². The van der Waals surface area contributed by atoms with Crippen LogP contribution < -0.4 is 10.6 Å². The molecular formula is C15H20N4O2. The highest BCUT2D eigenvalue weighted by atomic mass is 16.3. The van der Waals surface area contributed by atoms with Crippen LogP contribution in [0.2, 0.25) is 0 Å². The van der Waals surface area contributed by atoms with Crippen LogP contribution in [0.15, 0.2) is 29.1 Å². The zero-order valence-electron chi connectivity index (χ0n) is 12.4. The molecule has 1 N–H and O–H groups in total. The molecule has 0 bridgehead atoms. The first-order valence-electron chi connectivity index (χ1n) is 7.21. The van der Waals surface area contributed by atoms with E-state index in [0.717, 1.165) is 26.2 Å². The van der Waals surface area contributed by atoms with Gasteiger partial charge in [-0.25, -0.2) is 9.66 Å². The normalized spacial score (nSPS) is 18.1. The van der Waals surface area contributed by atoms with E-state index in [0.29, 0.717) is 16.7 Å². The van der Waals surface area contributed by atoms with Gasteiger partial charge in [0, 0.05) is 26.2 Å². The quantitative estimate of drug-likeness (QED) is 0.863. The van der Waals surface area contributed by atoms with Crippen LogP contribution in [-0.4, -0.2) is 52.9 Å². The Morgan fingerprint density at radius 3 is 2.52 bits per heavy atom. The van der Waals surface area contributed by atoms with Crippen molar-refractivity contribution in [3.8, 4) is 0 Å². The number of fused-ring (bicyclic) bond motifs is 1. The molecule has 0 radical (unpaired) electrons. The monoisotopic (exact) mass is 288 g/mol. The van der Waals surface area contributed by atoms with Crippen molar-refractivity contribution in [2.24, 2.45) is 0 Å². The van der Waals surface area contributed by atoms with Crippen molar-refractivity contribution in [1.29, 1.82) is 0 Å². The van der Waals surface area contributed by atoms with Crippen LogP contribution in [0.5, 0.6) is 0 Å². The molecule has 3 rings (SSSR count). The zero-order valence-corrected chi connectivity index (χ0v) is 12.4. The van der Waals surface area contributed by atoms with Crippen LogP contribution in [-0.2, 0) is 0 Å². The van der Waals surface area contributed by atoms with Gasteiger partial charge in [-0.2, -0.15) is 0 Å². The first kappa shape index (κ1) is 14.0. The number of hydrogen-bond acceptors (Lipinski definition) is 5. The fourth-order valence-corrected chi connectivity index (χ4v) is 2.68. The number of nitrogens with zero attached hydrogens (tertiary/aromatic N) is 4. The summed E-state index contributed by atoms with van der Waals surface area (Å²) in [5, 5.41) is 12.6. The molecular weight excluding hydrogens is 268 g/mol. The second kappa shape index (κ2) is 5.46. The summed E-state index contributed by atoms with van der Waals surface area (Å²) in [6.45, 7) is 4.91.